The van der Waals surface area contributed by atoms with Crippen molar-refractivity contribution in [2.75, 3.05) is 13.2 Å². The molecule has 0 N–H and O–H groups in total. The van der Waals surface area contributed by atoms with Crippen molar-refractivity contribution in [2.45, 2.75) is 141 Å². The van der Waals surface area contributed by atoms with Crippen LogP contribution in [0.2, 0.25) is 0 Å². The summed E-state index contributed by atoms with van der Waals surface area (Å²) in [6.07, 6.45) is 10.2. The van der Waals surface area contributed by atoms with Crippen LogP contribution in [-0.4, -0.2) is 13.2 Å². The van der Waals surface area contributed by atoms with Gasteiger partial charge < -0.3 is 24.7 Å². The average Bonchev–Trinajstić information content (AvgIpc) is 3.92. The second kappa shape index (κ2) is 17.1. The second-order valence-electron chi connectivity index (χ2n) is 13.3. The summed E-state index contributed by atoms with van der Waals surface area (Å²) in [5, 5.41) is 0. The van der Waals surface area contributed by atoms with Crippen molar-refractivity contribution in [3.8, 4) is 0 Å². The van der Waals surface area contributed by atoms with Crippen LogP contribution in [0, 0.1) is 41.3 Å². The van der Waals surface area contributed by atoms with Crippen molar-refractivity contribution >= 4 is 0 Å². The molecule has 0 aromatic carbocycles. The molecular weight excluding hydrogens is 716 g/mol. The Morgan fingerprint density at radius 2 is 0.574 bits per heavy atom. The van der Waals surface area contributed by atoms with E-state index in [0.29, 0.717) is 0 Å². The van der Waals surface area contributed by atoms with Crippen molar-refractivity contribution in [1.82, 2.24) is 19.9 Å². The third-order valence-electron chi connectivity index (χ3n) is 12.1. The Kier molecular flexibility index (Phi) is 14.9. The maximum absolute atomic E-state index is 5.47. The number of aromatic nitrogens is 4. The minimum Gasteiger partial charge on any atom is -0.663 e. The molecule has 0 amide bonds. The molecule has 0 unspecified atom stereocenters. The third-order valence-corrected chi connectivity index (χ3v) is 12.1. The predicted octanol–water partition coefficient (Wildman–Crippen LogP) is 6.05. The first-order valence-corrected chi connectivity index (χ1v) is 18.0. The van der Waals surface area contributed by atoms with E-state index in [9.17, 15) is 0 Å². The van der Waals surface area contributed by atoms with Gasteiger partial charge in [-0.05, 0) is 85.9 Å². The maximum atomic E-state index is 5.47. The van der Waals surface area contributed by atoms with E-state index >= 15 is 0 Å². The monoisotopic (exact) mass is 772 g/mol. The Morgan fingerprint density at radius 3 is 0.681 bits per heavy atom. The molecule has 4 aromatic rings. The molecule has 8 bridgehead atoms. The van der Waals surface area contributed by atoms with Gasteiger partial charge in [-0.3, -0.25) is 0 Å². The van der Waals surface area contributed by atoms with Gasteiger partial charge in [0, 0.05) is 13.2 Å². The Bertz CT molecular complexity index is 1200. The van der Waals surface area contributed by atoms with E-state index in [2.05, 4.69) is 104 Å². The van der Waals surface area contributed by atoms with Crippen LogP contribution in [0.25, 0.3) is 0 Å². The summed E-state index contributed by atoms with van der Waals surface area (Å²) in [5.41, 5.74) is 8.28. The first-order chi connectivity index (χ1) is 21.8. The second-order valence-corrected chi connectivity index (χ2v) is 13.3. The zero-order valence-corrected chi connectivity index (χ0v) is 36.6. The van der Waals surface area contributed by atoms with E-state index in [0.717, 1.165) is 110 Å². The molecule has 1 fully saturated rings. The first-order valence-electron chi connectivity index (χ1n) is 18.0. The topological polar surface area (TPSA) is 65.6 Å². The Labute approximate surface area is 340 Å². The summed E-state index contributed by atoms with van der Waals surface area (Å²) in [7, 11) is 0. The van der Waals surface area contributed by atoms with Crippen molar-refractivity contribution in [3.05, 3.63) is 94.1 Å². The van der Waals surface area contributed by atoms with Gasteiger partial charge in [0.2, 0.25) is 0 Å². The molecule has 2 aliphatic heterocycles. The molecule has 7 heteroatoms. The summed E-state index contributed by atoms with van der Waals surface area (Å²) in [6.45, 7) is 20.3. The van der Waals surface area contributed by atoms with E-state index in [1.54, 1.807) is 0 Å². The molecule has 5 nitrogen and oxygen atoms in total. The number of hydrogen-bond donors (Lipinski definition) is 0. The summed E-state index contributed by atoms with van der Waals surface area (Å²) in [5.74, 6) is 0. The largest absolute Gasteiger partial charge is 3.00 e. The van der Waals surface area contributed by atoms with Gasteiger partial charge in [0.1, 0.15) is 0 Å². The Hall–Kier alpha value is -0.556. The summed E-state index contributed by atoms with van der Waals surface area (Å²) < 4.78 is 4.94. The molecule has 0 saturated carbocycles. The van der Waals surface area contributed by atoms with Gasteiger partial charge in [-0.1, -0.05) is 104 Å². The van der Waals surface area contributed by atoms with E-state index in [-0.39, 0.29) is 92.5 Å². The smallest absolute Gasteiger partial charge is 0.663 e. The van der Waals surface area contributed by atoms with Gasteiger partial charge in [0.25, 0.3) is 0 Å². The van der Waals surface area contributed by atoms with Crippen LogP contribution in [0.5, 0.6) is 0 Å². The number of ether oxygens (including phenoxy) is 1. The van der Waals surface area contributed by atoms with Gasteiger partial charge in [-0.15, -0.1) is 0 Å². The number of fused-ring (bicyclic) bond motifs is 8. The minimum absolute atomic E-state index is 0. The van der Waals surface area contributed by atoms with Crippen LogP contribution in [0.3, 0.4) is 0 Å². The fourth-order valence-electron chi connectivity index (χ4n) is 8.51. The quantitative estimate of drug-likeness (QED) is 0.204. The van der Waals surface area contributed by atoms with Gasteiger partial charge in [0.15, 0.2) is 0 Å². The first kappa shape index (κ1) is 40.9. The average molecular weight is 773 g/mol. The van der Waals surface area contributed by atoms with Crippen LogP contribution >= 0.6 is 0 Å². The standard InChI is InChI=1S/C36H48N4.C4H8O.Na.Pr/c1-9-33(10-2)25-17-19-27(37-25)34(11-3,12-4)29-21-23-31(39-29)36(15-7,16-8)32-24-22-30(40-32)35(13-5,14-6)28-20-18-26(33)38-28;1-2-4-5-3-1;;/h17-24H,9-16H2,1-8H3;1-4H2;;/q-4;;+1;+3. The zero-order valence-electron chi connectivity index (χ0n) is 30.9. The van der Waals surface area contributed by atoms with E-state index in [1.807, 2.05) is 0 Å². The van der Waals surface area contributed by atoms with Crippen molar-refractivity contribution in [3.63, 3.8) is 0 Å². The van der Waals surface area contributed by atoms with Crippen molar-refractivity contribution in [2.24, 2.45) is 0 Å². The van der Waals surface area contributed by atoms with Crippen molar-refractivity contribution < 1.29 is 75.6 Å². The summed E-state index contributed by atoms with van der Waals surface area (Å²) in [4.78, 5) is 21.9. The SMILES string of the molecule is C1CCOC1.CCC1(CC)c2ccc([n-]2)C(CC)(CC)c2ccc([n-]2)C(CC)(CC)c2ccc([n-]2)C(CC)(CC)c2ccc1[n-]2.[Na+].[Pr+3]. The van der Waals surface area contributed by atoms with Gasteiger partial charge in [-0.2, -0.15) is 45.6 Å². The van der Waals surface area contributed by atoms with Crippen LogP contribution < -0.4 is 49.5 Å². The molecule has 6 rings (SSSR count). The molecule has 246 valence electrons. The molecule has 2 aliphatic rings. The minimum atomic E-state index is -0.219. The van der Waals surface area contributed by atoms with Crippen LogP contribution in [0.15, 0.2) is 48.5 Å². The molecular formula is C40H56N4NaOPr. The van der Waals surface area contributed by atoms with E-state index in [1.165, 1.54) is 12.8 Å². The molecule has 1 saturated heterocycles. The van der Waals surface area contributed by atoms with Crippen molar-refractivity contribution in [1.29, 1.82) is 0 Å². The van der Waals surface area contributed by atoms with Crippen LogP contribution in [-0.2, 0) is 26.4 Å². The third kappa shape index (κ3) is 6.78. The fourth-order valence-corrected chi connectivity index (χ4v) is 8.51. The van der Waals surface area contributed by atoms with Crippen LogP contribution in [0.1, 0.15) is 165 Å². The fraction of sp³-hybridized carbons (Fsp3) is 0.600. The molecule has 0 atom stereocenters. The molecule has 0 aliphatic carbocycles. The van der Waals surface area contributed by atoms with Gasteiger partial charge in [0.05, 0.1) is 0 Å². The molecule has 0 radical (unpaired) electrons. The van der Waals surface area contributed by atoms with E-state index < -0.39 is 0 Å². The molecule has 6 heterocycles. The van der Waals surface area contributed by atoms with Gasteiger partial charge in [-0.25, -0.2) is 0 Å². The van der Waals surface area contributed by atoms with Gasteiger partial charge >= 0.3 is 70.8 Å². The number of hydrogen-bond acceptors (Lipinski definition) is 1. The molecule has 4 aromatic heterocycles. The maximum Gasteiger partial charge on any atom is 3.00 e. The summed E-state index contributed by atoms with van der Waals surface area (Å²) >= 11 is 0. The number of nitrogens with zero attached hydrogens (tertiary/aromatic N) is 4. The molecule has 47 heavy (non-hydrogen) atoms. The molecule has 0 spiro atoms. The normalized spacial score (nSPS) is 18.4. The zero-order chi connectivity index (χ0) is 32.3. The Morgan fingerprint density at radius 1 is 0.404 bits per heavy atom. The Balaban J connectivity index is 0.000000785. The number of rotatable bonds is 8. The summed E-state index contributed by atoms with van der Waals surface area (Å²) in [6, 6.07) is 18.2. The van der Waals surface area contributed by atoms with E-state index in [4.69, 9.17) is 24.7 Å². The predicted molar refractivity (Wildman–Crippen MR) is 185 cm³/mol. The van der Waals surface area contributed by atoms with Crippen LogP contribution in [0.4, 0.5) is 0 Å².